The van der Waals surface area contributed by atoms with E-state index in [1.54, 1.807) is 0 Å². The smallest absolute Gasteiger partial charge is 0.315 e. The highest BCUT2D eigenvalue weighted by Gasteiger charge is 2.20. The second-order valence-electron chi connectivity index (χ2n) is 8.18. The second-order valence-corrected chi connectivity index (χ2v) is 8.18. The Balaban J connectivity index is 1.32. The first kappa shape index (κ1) is 21.6. The fourth-order valence-electron chi connectivity index (χ4n) is 4.17. The van der Waals surface area contributed by atoms with E-state index in [9.17, 15) is 9.59 Å². The molecule has 2 N–H and O–H groups in total. The molecular formula is C27H29N3O2. The molecule has 0 spiro atoms. The van der Waals surface area contributed by atoms with E-state index in [1.165, 1.54) is 11.1 Å². The summed E-state index contributed by atoms with van der Waals surface area (Å²) in [5.41, 5.74) is 4.45. The van der Waals surface area contributed by atoms with Crippen LogP contribution in [0.25, 0.3) is 0 Å². The predicted octanol–water partition coefficient (Wildman–Crippen LogP) is 4.44. The van der Waals surface area contributed by atoms with Crippen LogP contribution in [0.2, 0.25) is 0 Å². The highest BCUT2D eigenvalue weighted by molar-refractivity contribution is 5.78. The Bertz CT molecular complexity index is 998. The minimum absolute atomic E-state index is 0.0875. The van der Waals surface area contributed by atoms with Crippen LogP contribution < -0.4 is 10.6 Å². The van der Waals surface area contributed by atoms with Gasteiger partial charge in [-0.15, -0.1) is 0 Å². The minimum Gasteiger partial charge on any atom is -0.338 e. The zero-order valence-corrected chi connectivity index (χ0v) is 18.2. The van der Waals surface area contributed by atoms with E-state index < -0.39 is 0 Å². The maximum Gasteiger partial charge on any atom is 0.315 e. The third kappa shape index (κ3) is 5.76. The normalized spacial score (nSPS) is 13.4. The summed E-state index contributed by atoms with van der Waals surface area (Å²) >= 11 is 0. The molecule has 3 aromatic rings. The van der Waals surface area contributed by atoms with Gasteiger partial charge in [-0.1, -0.05) is 84.9 Å². The lowest BCUT2D eigenvalue weighted by molar-refractivity contribution is -0.128. The van der Waals surface area contributed by atoms with E-state index in [4.69, 9.17) is 0 Å². The monoisotopic (exact) mass is 427 g/mol. The summed E-state index contributed by atoms with van der Waals surface area (Å²) in [6.07, 6.45) is 1.58. The number of urea groups is 1. The molecule has 0 aromatic heterocycles. The van der Waals surface area contributed by atoms with Gasteiger partial charge in [0.05, 0.1) is 0 Å². The van der Waals surface area contributed by atoms with Gasteiger partial charge in [0.2, 0.25) is 5.91 Å². The van der Waals surface area contributed by atoms with Gasteiger partial charge in [0, 0.05) is 38.5 Å². The Labute approximate surface area is 189 Å². The highest BCUT2D eigenvalue weighted by Crippen LogP contribution is 2.23. The molecule has 1 aliphatic rings. The fraction of sp³-hybridized carbons (Fsp3) is 0.259. The molecule has 0 unspecified atom stereocenters. The van der Waals surface area contributed by atoms with Crippen LogP contribution >= 0.6 is 0 Å². The van der Waals surface area contributed by atoms with E-state index >= 15 is 0 Å². The molecule has 4 rings (SSSR count). The Morgan fingerprint density at radius 1 is 0.844 bits per heavy atom. The number of likely N-dealkylation sites (tertiary alicyclic amines) is 1. The van der Waals surface area contributed by atoms with Crippen molar-refractivity contribution in [3.8, 4) is 0 Å². The number of hydrogen-bond donors (Lipinski definition) is 2. The molecule has 5 heteroatoms. The van der Waals surface area contributed by atoms with Gasteiger partial charge in [-0.3, -0.25) is 4.79 Å². The summed E-state index contributed by atoms with van der Waals surface area (Å²) in [5, 5.41) is 5.98. The first-order chi connectivity index (χ1) is 15.7. The van der Waals surface area contributed by atoms with Crippen molar-refractivity contribution in [3.63, 3.8) is 0 Å². The standard InChI is InChI=1S/C27H29N3O2/c31-26-15-8-16-30(26)20-22-10-7-9-21(17-22)18-28-27(32)29-19-25(23-11-3-1-4-12-23)24-13-5-2-6-14-24/h1-7,9-14,17,25H,8,15-16,18-20H2,(H2,28,29,32). The van der Waals surface area contributed by atoms with Gasteiger partial charge in [0.1, 0.15) is 0 Å². The Kier molecular flexibility index (Phi) is 7.18. The third-order valence-corrected chi connectivity index (χ3v) is 5.86. The number of carbonyl (C=O) groups is 2. The summed E-state index contributed by atoms with van der Waals surface area (Å²) in [5.74, 6) is 0.309. The molecule has 1 aliphatic heterocycles. The van der Waals surface area contributed by atoms with E-state index in [2.05, 4.69) is 41.0 Å². The van der Waals surface area contributed by atoms with Crippen molar-refractivity contribution in [2.24, 2.45) is 0 Å². The van der Waals surface area contributed by atoms with Crippen LogP contribution in [0.15, 0.2) is 84.9 Å². The van der Waals surface area contributed by atoms with Crippen molar-refractivity contribution in [3.05, 3.63) is 107 Å². The van der Waals surface area contributed by atoms with Crippen LogP contribution in [0.5, 0.6) is 0 Å². The van der Waals surface area contributed by atoms with Crippen molar-refractivity contribution in [2.75, 3.05) is 13.1 Å². The van der Waals surface area contributed by atoms with Crippen LogP contribution in [0.1, 0.15) is 41.0 Å². The quantitative estimate of drug-likeness (QED) is 0.558. The van der Waals surface area contributed by atoms with Crippen molar-refractivity contribution in [1.82, 2.24) is 15.5 Å². The number of amides is 3. The molecule has 0 saturated carbocycles. The fourth-order valence-corrected chi connectivity index (χ4v) is 4.17. The molecule has 0 aliphatic carbocycles. The highest BCUT2D eigenvalue weighted by atomic mass is 16.2. The Hall–Kier alpha value is -3.60. The molecule has 1 heterocycles. The zero-order chi connectivity index (χ0) is 22.2. The summed E-state index contributed by atoms with van der Waals surface area (Å²) in [6.45, 7) is 2.41. The number of nitrogens with one attached hydrogen (secondary N) is 2. The molecule has 0 atom stereocenters. The maximum atomic E-state index is 12.5. The van der Waals surface area contributed by atoms with Gasteiger partial charge in [0.25, 0.3) is 0 Å². The number of hydrogen-bond acceptors (Lipinski definition) is 2. The molecule has 5 nitrogen and oxygen atoms in total. The van der Waals surface area contributed by atoms with Gasteiger partial charge >= 0.3 is 6.03 Å². The van der Waals surface area contributed by atoms with E-state index in [-0.39, 0.29) is 17.9 Å². The molecule has 0 bridgehead atoms. The lowest BCUT2D eigenvalue weighted by Gasteiger charge is -2.19. The van der Waals surface area contributed by atoms with Crippen LogP contribution in [0, 0.1) is 0 Å². The Morgan fingerprint density at radius 3 is 2.12 bits per heavy atom. The molecule has 1 saturated heterocycles. The van der Waals surface area contributed by atoms with E-state index in [0.29, 0.717) is 26.1 Å². The molecular weight excluding hydrogens is 398 g/mol. The van der Waals surface area contributed by atoms with Gasteiger partial charge in [-0.25, -0.2) is 4.79 Å². The number of benzene rings is 3. The lowest BCUT2D eigenvalue weighted by atomic mass is 9.91. The van der Waals surface area contributed by atoms with Gasteiger partial charge in [-0.2, -0.15) is 0 Å². The van der Waals surface area contributed by atoms with Crippen LogP contribution in [-0.2, 0) is 17.9 Å². The predicted molar refractivity (Wildman–Crippen MR) is 126 cm³/mol. The lowest BCUT2D eigenvalue weighted by Crippen LogP contribution is -2.37. The molecule has 0 radical (unpaired) electrons. The minimum atomic E-state index is -0.193. The third-order valence-electron chi connectivity index (χ3n) is 5.86. The van der Waals surface area contributed by atoms with Gasteiger partial charge < -0.3 is 15.5 Å². The van der Waals surface area contributed by atoms with Crippen molar-refractivity contribution < 1.29 is 9.59 Å². The molecule has 3 aromatic carbocycles. The SMILES string of the molecule is O=C(NCc1cccc(CN2CCCC2=O)c1)NCC(c1ccccc1)c1ccccc1. The first-order valence-corrected chi connectivity index (χ1v) is 11.2. The zero-order valence-electron chi connectivity index (χ0n) is 18.2. The topological polar surface area (TPSA) is 61.4 Å². The van der Waals surface area contributed by atoms with Crippen LogP contribution in [-0.4, -0.2) is 29.9 Å². The average Bonchev–Trinajstić information content (AvgIpc) is 3.23. The molecule has 1 fully saturated rings. The summed E-state index contributed by atoms with van der Waals surface area (Å²) in [4.78, 5) is 26.3. The van der Waals surface area contributed by atoms with Crippen molar-refractivity contribution >= 4 is 11.9 Å². The Morgan fingerprint density at radius 2 is 1.50 bits per heavy atom. The van der Waals surface area contributed by atoms with Crippen molar-refractivity contribution in [2.45, 2.75) is 31.8 Å². The van der Waals surface area contributed by atoms with Gasteiger partial charge in [-0.05, 0) is 28.7 Å². The van der Waals surface area contributed by atoms with Gasteiger partial charge in [0.15, 0.2) is 0 Å². The maximum absolute atomic E-state index is 12.5. The summed E-state index contributed by atoms with van der Waals surface area (Å²) in [6, 6.07) is 28.3. The van der Waals surface area contributed by atoms with Crippen LogP contribution in [0.4, 0.5) is 4.79 Å². The molecule has 32 heavy (non-hydrogen) atoms. The molecule has 3 amide bonds. The summed E-state index contributed by atoms with van der Waals surface area (Å²) < 4.78 is 0. The second kappa shape index (κ2) is 10.6. The average molecular weight is 428 g/mol. The van der Waals surface area contributed by atoms with E-state index in [0.717, 1.165) is 24.1 Å². The first-order valence-electron chi connectivity index (χ1n) is 11.2. The number of rotatable bonds is 8. The van der Waals surface area contributed by atoms with E-state index in [1.807, 2.05) is 59.5 Å². The van der Waals surface area contributed by atoms with Crippen LogP contribution in [0.3, 0.4) is 0 Å². The summed E-state index contributed by atoms with van der Waals surface area (Å²) in [7, 11) is 0. The largest absolute Gasteiger partial charge is 0.338 e. The number of carbonyl (C=O) groups excluding carboxylic acids is 2. The van der Waals surface area contributed by atoms with Crippen molar-refractivity contribution in [1.29, 1.82) is 0 Å². The molecule has 164 valence electrons. The number of nitrogens with zero attached hydrogens (tertiary/aromatic N) is 1.